The minimum absolute atomic E-state index is 0.0653. The second-order valence-electron chi connectivity index (χ2n) is 3.71. The second kappa shape index (κ2) is 5.65. The number of aromatic nitrogens is 1. The maximum Gasteiger partial charge on any atom is 0.263 e. The van der Waals surface area contributed by atoms with Gasteiger partial charge in [-0.3, -0.25) is 4.72 Å². The molecular weight excluding hydrogens is 347 g/mol. The number of sulfonamides is 1. The molecule has 2 aromatic rings. The topological polar surface area (TPSA) is 79.3 Å². The Bertz CT molecular complexity index is 725. The van der Waals surface area contributed by atoms with Crippen LogP contribution in [0.4, 0.5) is 5.69 Å². The number of halogens is 3. The molecule has 0 aliphatic rings. The molecule has 2 N–H and O–H groups in total. The van der Waals surface area contributed by atoms with E-state index in [1.807, 2.05) is 0 Å². The number of rotatable bonds is 3. The fourth-order valence-corrected chi connectivity index (χ4v) is 2.94. The highest BCUT2D eigenvalue weighted by Gasteiger charge is 2.16. The number of pyridine rings is 1. The van der Waals surface area contributed by atoms with Gasteiger partial charge in [-0.15, -0.1) is 0 Å². The van der Waals surface area contributed by atoms with E-state index in [9.17, 15) is 13.5 Å². The van der Waals surface area contributed by atoms with E-state index in [4.69, 9.17) is 34.8 Å². The molecule has 0 aliphatic carbocycles. The highest BCUT2D eigenvalue weighted by molar-refractivity contribution is 7.92. The molecule has 0 fully saturated rings. The quantitative estimate of drug-likeness (QED) is 0.653. The minimum atomic E-state index is -3.85. The van der Waals surface area contributed by atoms with E-state index in [-0.39, 0.29) is 31.5 Å². The molecular formula is C11H7Cl3N2O3S. The Balaban J connectivity index is 2.36. The lowest BCUT2D eigenvalue weighted by Crippen LogP contribution is -2.13. The molecule has 0 atom stereocenters. The summed E-state index contributed by atoms with van der Waals surface area (Å²) >= 11 is 17.0. The van der Waals surface area contributed by atoms with E-state index in [2.05, 4.69) is 9.71 Å². The Hall–Kier alpha value is -1.21. The number of aromatic hydroxyl groups is 1. The van der Waals surface area contributed by atoms with Crippen LogP contribution in [-0.4, -0.2) is 18.5 Å². The van der Waals surface area contributed by atoms with Crippen molar-refractivity contribution < 1.29 is 13.5 Å². The average molecular weight is 354 g/mol. The molecule has 5 nitrogen and oxygen atoms in total. The van der Waals surface area contributed by atoms with Gasteiger partial charge < -0.3 is 5.11 Å². The van der Waals surface area contributed by atoms with Crippen molar-refractivity contribution in [2.45, 2.75) is 4.90 Å². The summed E-state index contributed by atoms with van der Waals surface area (Å²) in [6.45, 7) is 0. The van der Waals surface area contributed by atoms with Crippen molar-refractivity contribution in [2.75, 3.05) is 4.72 Å². The zero-order chi connectivity index (χ0) is 14.9. The summed E-state index contributed by atoms with van der Waals surface area (Å²) in [6, 6.07) is 5.14. The summed E-state index contributed by atoms with van der Waals surface area (Å²) in [7, 11) is -3.85. The van der Waals surface area contributed by atoms with E-state index >= 15 is 0 Å². The van der Waals surface area contributed by atoms with Crippen LogP contribution in [0.1, 0.15) is 0 Å². The molecule has 1 heterocycles. The number of nitrogens with one attached hydrogen (secondary N) is 1. The van der Waals surface area contributed by atoms with Crippen LogP contribution >= 0.6 is 34.8 Å². The molecule has 0 radical (unpaired) electrons. The Labute approximate surface area is 130 Å². The van der Waals surface area contributed by atoms with Crippen LogP contribution in [0.15, 0.2) is 35.4 Å². The summed E-state index contributed by atoms with van der Waals surface area (Å²) < 4.78 is 26.4. The summed E-state index contributed by atoms with van der Waals surface area (Å²) in [4.78, 5) is 3.62. The largest absolute Gasteiger partial charge is 0.505 e. The third kappa shape index (κ3) is 3.27. The van der Waals surface area contributed by atoms with Gasteiger partial charge in [0.25, 0.3) is 10.0 Å². The van der Waals surface area contributed by atoms with E-state index in [0.29, 0.717) is 0 Å². The highest BCUT2D eigenvalue weighted by atomic mass is 35.5. The smallest absolute Gasteiger partial charge is 0.263 e. The van der Waals surface area contributed by atoms with Gasteiger partial charge >= 0.3 is 0 Å². The Morgan fingerprint density at radius 3 is 2.20 bits per heavy atom. The van der Waals surface area contributed by atoms with Crippen molar-refractivity contribution in [3.8, 4) is 5.75 Å². The van der Waals surface area contributed by atoms with Gasteiger partial charge in [0.1, 0.15) is 10.0 Å². The van der Waals surface area contributed by atoms with Crippen LogP contribution in [0.3, 0.4) is 0 Å². The van der Waals surface area contributed by atoms with Crippen LogP contribution in [-0.2, 0) is 10.0 Å². The molecule has 2 rings (SSSR count). The molecule has 106 valence electrons. The first-order valence-corrected chi connectivity index (χ1v) is 7.74. The molecule has 0 bridgehead atoms. The van der Waals surface area contributed by atoms with E-state index in [1.165, 1.54) is 24.3 Å². The average Bonchev–Trinajstić information content (AvgIpc) is 2.36. The first-order chi connectivity index (χ1) is 9.29. The second-order valence-corrected chi connectivity index (χ2v) is 6.59. The van der Waals surface area contributed by atoms with Crippen molar-refractivity contribution >= 4 is 50.5 Å². The van der Waals surface area contributed by atoms with Crippen molar-refractivity contribution in [1.29, 1.82) is 0 Å². The van der Waals surface area contributed by atoms with Gasteiger partial charge in [0.15, 0.2) is 5.75 Å². The van der Waals surface area contributed by atoms with E-state index in [1.54, 1.807) is 0 Å². The highest BCUT2D eigenvalue weighted by Crippen LogP contribution is 2.35. The number of phenols is 1. The molecule has 0 spiro atoms. The lowest BCUT2D eigenvalue weighted by atomic mass is 10.3. The molecule has 9 heteroatoms. The lowest BCUT2D eigenvalue weighted by molar-refractivity contribution is 0.476. The van der Waals surface area contributed by atoms with Crippen molar-refractivity contribution in [2.24, 2.45) is 0 Å². The Morgan fingerprint density at radius 1 is 1.10 bits per heavy atom. The van der Waals surface area contributed by atoms with Gasteiger partial charge in [0.05, 0.1) is 15.7 Å². The zero-order valence-corrected chi connectivity index (χ0v) is 12.7. The molecule has 0 saturated heterocycles. The van der Waals surface area contributed by atoms with E-state index < -0.39 is 10.0 Å². The van der Waals surface area contributed by atoms with Crippen LogP contribution in [0, 0.1) is 0 Å². The van der Waals surface area contributed by atoms with Gasteiger partial charge in [0, 0.05) is 6.20 Å². The number of hydrogen-bond donors (Lipinski definition) is 2. The third-order valence-electron chi connectivity index (χ3n) is 2.28. The molecule has 1 aromatic carbocycles. The predicted octanol–water partition coefficient (Wildman–Crippen LogP) is 3.55. The third-order valence-corrected chi connectivity index (χ3v) is 4.45. The zero-order valence-electron chi connectivity index (χ0n) is 9.64. The van der Waals surface area contributed by atoms with Crippen LogP contribution in [0.5, 0.6) is 5.75 Å². The number of hydrogen-bond acceptors (Lipinski definition) is 4. The molecule has 0 aliphatic heterocycles. The SMILES string of the molecule is O=S(=O)(Nc1cc(Cl)c(O)c(Cl)c1)c1ccc(Cl)nc1. The maximum absolute atomic E-state index is 12.1. The van der Waals surface area contributed by atoms with Crippen LogP contribution < -0.4 is 4.72 Å². The standard InChI is InChI=1S/C11H7Cl3N2O3S/c12-8-3-6(4-9(13)11(8)17)16-20(18,19)7-1-2-10(14)15-5-7/h1-5,16-17H. The van der Waals surface area contributed by atoms with Crippen molar-refractivity contribution in [3.05, 3.63) is 45.7 Å². The number of phenolic OH excluding ortho intramolecular Hbond substituents is 1. The number of nitrogens with zero attached hydrogens (tertiary/aromatic N) is 1. The van der Waals surface area contributed by atoms with Crippen LogP contribution in [0.25, 0.3) is 0 Å². The summed E-state index contributed by atoms with van der Waals surface area (Å²) in [5.41, 5.74) is 0.118. The van der Waals surface area contributed by atoms with Crippen molar-refractivity contribution in [1.82, 2.24) is 4.98 Å². The molecule has 1 aromatic heterocycles. The maximum atomic E-state index is 12.1. The lowest BCUT2D eigenvalue weighted by Gasteiger charge is -2.09. The number of anilines is 1. The first-order valence-electron chi connectivity index (χ1n) is 5.12. The van der Waals surface area contributed by atoms with Crippen LogP contribution in [0.2, 0.25) is 15.2 Å². The summed E-state index contributed by atoms with van der Waals surface area (Å²) in [6.07, 6.45) is 1.12. The molecule has 0 amide bonds. The molecule has 20 heavy (non-hydrogen) atoms. The normalized spacial score (nSPS) is 11.3. The van der Waals surface area contributed by atoms with Gasteiger partial charge in [0.2, 0.25) is 0 Å². The fourth-order valence-electron chi connectivity index (χ4n) is 1.36. The van der Waals surface area contributed by atoms with Gasteiger partial charge in [-0.1, -0.05) is 34.8 Å². The van der Waals surface area contributed by atoms with Gasteiger partial charge in [-0.2, -0.15) is 0 Å². The Kier molecular flexibility index (Phi) is 4.29. The van der Waals surface area contributed by atoms with Gasteiger partial charge in [-0.25, -0.2) is 13.4 Å². The Morgan fingerprint density at radius 2 is 1.70 bits per heavy atom. The predicted molar refractivity (Wildman–Crippen MR) is 78.2 cm³/mol. The van der Waals surface area contributed by atoms with E-state index in [0.717, 1.165) is 6.20 Å². The molecule has 0 unspecified atom stereocenters. The van der Waals surface area contributed by atoms with Crippen molar-refractivity contribution in [3.63, 3.8) is 0 Å². The monoisotopic (exact) mass is 352 g/mol. The molecule has 0 saturated carbocycles. The fraction of sp³-hybridized carbons (Fsp3) is 0. The summed E-state index contributed by atoms with van der Waals surface area (Å²) in [5, 5.41) is 9.46. The number of benzene rings is 1. The summed E-state index contributed by atoms with van der Waals surface area (Å²) in [5.74, 6) is -0.315. The van der Waals surface area contributed by atoms with Gasteiger partial charge in [-0.05, 0) is 24.3 Å². The first kappa shape index (κ1) is 15.2. The minimum Gasteiger partial charge on any atom is -0.505 e.